The zero-order chi connectivity index (χ0) is 16.7. The van der Waals surface area contributed by atoms with Crippen molar-refractivity contribution in [1.82, 2.24) is 9.55 Å². The third-order valence-electron chi connectivity index (χ3n) is 2.94. The minimum absolute atomic E-state index is 0.347. The molecule has 1 saturated heterocycles. The minimum atomic E-state index is -4.79. The van der Waals surface area contributed by atoms with Crippen molar-refractivity contribution < 1.29 is 33.8 Å². The van der Waals surface area contributed by atoms with Crippen molar-refractivity contribution in [2.45, 2.75) is 24.5 Å². The number of phosphoric acid groups is 1. The van der Waals surface area contributed by atoms with Crippen molar-refractivity contribution in [2.24, 2.45) is 0 Å². The number of halogens is 1. The molecule has 1 aromatic heterocycles. The highest BCUT2D eigenvalue weighted by Crippen LogP contribution is 2.38. The monoisotopic (exact) mass is 358 g/mol. The number of ether oxygens (including phenoxy) is 1. The molecule has 0 amide bonds. The zero-order valence-electron chi connectivity index (χ0n) is 10.7. The van der Waals surface area contributed by atoms with Gasteiger partial charge in [0.2, 0.25) is 0 Å². The van der Waals surface area contributed by atoms with Gasteiger partial charge in [-0.25, -0.2) is 9.36 Å². The van der Waals surface area contributed by atoms with E-state index in [2.05, 4.69) is 4.52 Å². The molecule has 4 atom stereocenters. The van der Waals surface area contributed by atoms with Gasteiger partial charge < -0.3 is 24.7 Å². The van der Waals surface area contributed by atoms with E-state index in [0.717, 1.165) is 10.8 Å². The van der Waals surface area contributed by atoms with Crippen LogP contribution in [-0.4, -0.2) is 54.5 Å². The van der Waals surface area contributed by atoms with Crippen LogP contribution in [0.2, 0.25) is 5.02 Å². The first kappa shape index (κ1) is 17.3. The first-order valence-electron chi connectivity index (χ1n) is 5.83. The van der Waals surface area contributed by atoms with Crippen molar-refractivity contribution in [3.63, 3.8) is 0 Å². The smallest absolute Gasteiger partial charge is 0.387 e. The lowest BCUT2D eigenvalue weighted by Crippen LogP contribution is -2.38. The molecular weight excluding hydrogens is 347 g/mol. The summed E-state index contributed by atoms with van der Waals surface area (Å²) in [5.74, 6) is 0. The molecule has 0 bridgehead atoms. The maximum Gasteiger partial charge on any atom is 0.469 e. The van der Waals surface area contributed by atoms with E-state index in [0.29, 0.717) is 0 Å². The van der Waals surface area contributed by atoms with Gasteiger partial charge in [-0.15, -0.1) is 0 Å². The molecule has 2 heterocycles. The summed E-state index contributed by atoms with van der Waals surface area (Å²) in [4.78, 5) is 41.9. The van der Waals surface area contributed by atoms with Crippen LogP contribution in [-0.2, 0) is 13.8 Å². The Kier molecular flexibility index (Phi) is 4.90. The van der Waals surface area contributed by atoms with E-state index in [9.17, 15) is 24.4 Å². The second-order valence-corrected chi connectivity index (χ2v) is 6.12. The van der Waals surface area contributed by atoms with Gasteiger partial charge in [0.05, 0.1) is 6.61 Å². The molecule has 0 spiro atoms. The first-order chi connectivity index (χ1) is 10.1. The van der Waals surface area contributed by atoms with Gasteiger partial charge in [-0.2, -0.15) is 0 Å². The van der Waals surface area contributed by atoms with Crippen LogP contribution in [0, 0.1) is 0 Å². The van der Waals surface area contributed by atoms with Crippen LogP contribution in [0.5, 0.6) is 0 Å². The van der Waals surface area contributed by atoms with Crippen LogP contribution in [0.15, 0.2) is 15.8 Å². The molecule has 11 nitrogen and oxygen atoms in total. The summed E-state index contributed by atoms with van der Waals surface area (Å²) in [5, 5.41) is 19.3. The molecule has 5 N–H and O–H groups in total. The number of nitrogens with one attached hydrogen (secondary N) is 1. The molecular formula is C9H12ClN2O9P. The Hall–Kier alpha value is -1.04. The molecule has 1 aromatic rings. The Labute approximate surface area is 126 Å². The fourth-order valence-electron chi connectivity index (χ4n) is 1.92. The summed E-state index contributed by atoms with van der Waals surface area (Å²) in [5.41, 5.74) is -1.78. The minimum Gasteiger partial charge on any atom is -0.387 e. The molecule has 22 heavy (non-hydrogen) atoms. The van der Waals surface area contributed by atoms with Gasteiger partial charge in [0.25, 0.3) is 5.56 Å². The van der Waals surface area contributed by atoms with E-state index >= 15 is 0 Å². The molecule has 124 valence electrons. The fraction of sp³-hybridized carbons (Fsp3) is 0.556. The molecule has 2 rings (SSSR count). The van der Waals surface area contributed by atoms with Gasteiger partial charge in [0.15, 0.2) is 6.23 Å². The second kappa shape index (κ2) is 6.22. The summed E-state index contributed by atoms with van der Waals surface area (Å²) in [6.07, 6.45) is -4.98. The number of hydrogen-bond donors (Lipinski definition) is 5. The van der Waals surface area contributed by atoms with E-state index in [1.807, 2.05) is 4.98 Å². The lowest BCUT2D eigenvalue weighted by atomic mass is 10.1. The summed E-state index contributed by atoms with van der Waals surface area (Å²) in [6, 6.07) is 0. The number of nitrogens with zero attached hydrogens (tertiary/aromatic N) is 1. The number of aliphatic hydroxyl groups excluding tert-OH is 2. The van der Waals surface area contributed by atoms with Crippen molar-refractivity contribution in [2.75, 3.05) is 6.61 Å². The van der Waals surface area contributed by atoms with Crippen LogP contribution >= 0.6 is 19.4 Å². The molecule has 0 aliphatic carbocycles. The Balaban J connectivity index is 2.23. The molecule has 1 fully saturated rings. The van der Waals surface area contributed by atoms with Crippen molar-refractivity contribution in [1.29, 1.82) is 0 Å². The Morgan fingerprint density at radius 3 is 2.59 bits per heavy atom. The number of aromatic amines is 1. The number of hydrogen-bond acceptors (Lipinski definition) is 7. The highest BCUT2D eigenvalue weighted by atomic mass is 35.5. The molecule has 0 radical (unpaired) electrons. The van der Waals surface area contributed by atoms with Gasteiger partial charge in [-0.3, -0.25) is 18.9 Å². The third-order valence-corrected chi connectivity index (χ3v) is 3.70. The van der Waals surface area contributed by atoms with E-state index in [1.54, 1.807) is 0 Å². The van der Waals surface area contributed by atoms with E-state index in [1.165, 1.54) is 0 Å². The maximum atomic E-state index is 11.7. The van der Waals surface area contributed by atoms with Crippen LogP contribution < -0.4 is 11.2 Å². The van der Waals surface area contributed by atoms with Crippen LogP contribution in [0.4, 0.5) is 0 Å². The van der Waals surface area contributed by atoms with Crippen LogP contribution in [0.3, 0.4) is 0 Å². The lowest BCUT2D eigenvalue weighted by molar-refractivity contribution is -0.0543. The largest absolute Gasteiger partial charge is 0.469 e. The average molecular weight is 359 g/mol. The molecule has 0 saturated carbocycles. The molecule has 1 aliphatic heterocycles. The van der Waals surface area contributed by atoms with E-state index < -0.39 is 50.2 Å². The summed E-state index contributed by atoms with van der Waals surface area (Å²) < 4.78 is 20.7. The topological polar surface area (TPSA) is 171 Å². The quantitative estimate of drug-likeness (QED) is 0.379. The highest BCUT2D eigenvalue weighted by molar-refractivity contribution is 7.46. The van der Waals surface area contributed by atoms with Crippen LogP contribution in [0.25, 0.3) is 0 Å². The predicted molar refractivity (Wildman–Crippen MR) is 70.3 cm³/mol. The summed E-state index contributed by atoms with van der Waals surface area (Å²) in [6.45, 7) is -0.717. The van der Waals surface area contributed by atoms with Gasteiger partial charge in [-0.05, 0) is 0 Å². The van der Waals surface area contributed by atoms with Gasteiger partial charge in [0, 0.05) is 6.20 Å². The molecule has 0 aromatic carbocycles. The van der Waals surface area contributed by atoms with Gasteiger partial charge in [-0.1, -0.05) is 11.6 Å². The summed E-state index contributed by atoms with van der Waals surface area (Å²) >= 11 is 5.57. The Morgan fingerprint density at radius 1 is 1.36 bits per heavy atom. The molecule has 1 aliphatic rings. The van der Waals surface area contributed by atoms with Gasteiger partial charge in [0.1, 0.15) is 23.3 Å². The summed E-state index contributed by atoms with van der Waals surface area (Å²) in [7, 11) is -4.79. The second-order valence-electron chi connectivity index (χ2n) is 4.48. The average Bonchev–Trinajstić information content (AvgIpc) is 2.68. The number of rotatable bonds is 4. The molecule has 0 unspecified atom stereocenters. The third kappa shape index (κ3) is 3.65. The normalized spacial score (nSPS) is 29.0. The van der Waals surface area contributed by atoms with Crippen molar-refractivity contribution >= 4 is 19.4 Å². The van der Waals surface area contributed by atoms with Crippen molar-refractivity contribution in [3.8, 4) is 0 Å². The zero-order valence-corrected chi connectivity index (χ0v) is 12.3. The standard InChI is InChI=1S/C9H12ClN2O9P/c10-3-1-12(9(16)11-7(3)15)8-6(14)5(13)4(21-8)2-20-22(17,18)19/h1,4-6,8,13-14H,2H2,(H,11,15,16)(H2,17,18,19)/t4-,5-,6-,8-/m1/s1. The van der Waals surface area contributed by atoms with E-state index in [4.69, 9.17) is 26.1 Å². The number of aromatic nitrogens is 2. The highest BCUT2D eigenvalue weighted by Gasteiger charge is 2.45. The first-order valence-corrected chi connectivity index (χ1v) is 7.73. The lowest BCUT2D eigenvalue weighted by Gasteiger charge is -2.17. The maximum absolute atomic E-state index is 11.7. The Morgan fingerprint density at radius 2 is 2.00 bits per heavy atom. The molecule has 13 heteroatoms. The number of phosphoric ester groups is 1. The van der Waals surface area contributed by atoms with Gasteiger partial charge >= 0.3 is 13.5 Å². The van der Waals surface area contributed by atoms with Crippen molar-refractivity contribution in [3.05, 3.63) is 32.1 Å². The number of aliphatic hydroxyl groups is 2. The Bertz CT molecular complexity index is 712. The SMILES string of the molecule is O=c1[nH]c(=O)n([C@@H]2O[C@H](COP(=O)(O)O)[C@@H](O)[C@H]2O)cc1Cl. The predicted octanol–water partition coefficient (Wildman–Crippen LogP) is -2.08. The fourth-order valence-corrected chi connectivity index (χ4v) is 2.41. The van der Waals surface area contributed by atoms with Crippen LogP contribution in [0.1, 0.15) is 6.23 Å². The van der Waals surface area contributed by atoms with E-state index in [-0.39, 0.29) is 5.02 Å². The number of H-pyrrole nitrogens is 1.